The van der Waals surface area contributed by atoms with E-state index in [1.807, 2.05) is 12.1 Å². The number of aliphatic hydroxyl groups excluding tert-OH is 1. The summed E-state index contributed by atoms with van der Waals surface area (Å²) in [7, 11) is 9.47. The minimum atomic E-state index is 0. The van der Waals surface area contributed by atoms with Crippen molar-refractivity contribution in [2.24, 2.45) is 4.99 Å². The molecule has 0 fully saturated rings. The molecular formula is C11H17Cl3CoNO3-. The Morgan fingerprint density at radius 3 is 2.42 bits per heavy atom. The van der Waals surface area contributed by atoms with Crippen molar-refractivity contribution in [1.29, 1.82) is 0 Å². The molecule has 1 aromatic carbocycles. The Bertz CT molecular complexity index is 354. The number of aryl methyl sites for hydroxylation is 1. The van der Waals surface area contributed by atoms with Crippen LogP contribution in [-0.4, -0.2) is 35.1 Å². The van der Waals surface area contributed by atoms with Gasteiger partial charge in [-0.15, -0.1) is 0 Å². The number of nitrogens with zero attached hydrogens (tertiary/aromatic N) is 1. The van der Waals surface area contributed by atoms with Crippen LogP contribution in [0.2, 0.25) is 0 Å². The van der Waals surface area contributed by atoms with Crippen LogP contribution in [0.3, 0.4) is 0 Å². The van der Waals surface area contributed by atoms with Crippen LogP contribution in [0.1, 0.15) is 18.1 Å². The molecule has 4 N–H and O–H groups in total. The fourth-order valence-corrected chi connectivity index (χ4v) is 1.15. The van der Waals surface area contributed by atoms with Crippen molar-refractivity contribution in [3.63, 3.8) is 0 Å². The number of benzene rings is 1. The molecule has 0 amide bonds. The molecule has 0 bridgehead atoms. The number of phenols is 1. The van der Waals surface area contributed by atoms with E-state index >= 15 is 0 Å². The maximum atomic E-state index is 9.48. The van der Waals surface area contributed by atoms with Crippen LogP contribution in [0.25, 0.3) is 0 Å². The Morgan fingerprint density at radius 2 is 1.95 bits per heavy atom. The maximum absolute atomic E-state index is 9.48. The van der Waals surface area contributed by atoms with Crippen LogP contribution in [0, 0.1) is 0 Å². The number of aliphatic imine (C=N–C) groups is 1. The van der Waals surface area contributed by atoms with Gasteiger partial charge in [-0.2, -0.15) is 0 Å². The number of hydrogen-bond acceptors (Lipinski definition) is 3. The molecule has 115 valence electrons. The molecule has 0 aliphatic carbocycles. The van der Waals surface area contributed by atoms with Gasteiger partial charge in [0, 0.05) is 11.8 Å². The van der Waals surface area contributed by atoms with E-state index in [1.165, 1.54) is 0 Å². The normalized spacial score (nSPS) is 9.26. The fraction of sp³-hybridized carbons (Fsp3) is 0.364. The summed E-state index contributed by atoms with van der Waals surface area (Å²) in [6.45, 7) is 2.46. The topological polar surface area (TPSA) is 84.3 Å². The number of aromatic hydroxyl groups is 1. The number of hydrogen-bond donors (Lipinski definition) is 2. The monoisotopic (exact) mass is 375 g/mol. The summed E-state index contributed by atoms with van der Waals surface area (Å²) in [4.78, 5) is 3.96. The van der Waals surface area contributed by atoms with Gasteiger partial charge in [-0.3, -0.25) is 4.99 Å². The zero-order valence-corrected chi connectivity index (χ0v) is 13.5. The number of halogens is 3. The molecule has 0 unspecified atom stereocenters. The molecule has 0 spiro atoms. The van der Waals surface area contributed by atoms with Gasteiger partial charge in [-0.05, 0) is 24.1 Å². The number of aliphatic hydroxyl groups is 1. The molecule has 0 saturated carbocycles. The van der Waals surface area contributed by atoms with Gasteiger partial charge in [0.2, 0.25) is 0 Å². The third kappa shape index (κ3) is 11.5. The molecule has 19 heavy (non-hydrogen) atoms. The number of rotatable bonds is 4. The molecule has 4 nitrogen and oxygen atoms in total. The second kappa shape index (κ2) is 16.0. The molecule has 0 radical (unpaired) electrons. The average molecular weight is 377 g/mol. The summed E-state index contributed by atoms with van der Waals surface area (Å²) >= 11 is 0.382. The zero-order chi connectivity index (χ0) is 13.1. The Hall–Kier alpha value is -0.0135. The van der Waals surface area contributed by atoms with E-state index in [1.54, 1.807) is 12.3 Å². The third-order valence-corrected chi connectivity index (χ3v) is 1.96. The molecule has 0 aliphatic rings. The molecule has 1 rings (SSSR count). The van der Waals surface area contributed by atoms with Gasteiger partial charge in [0.15, 0.2) is 0 Å². The van der Waals surface area contributed by atoms with Crippen molar-refractivity contribution >= 4 is 26.5 Å². The zero-order valence-electron chi connectivity index (χ0n) is 10.2. The van der Waals surface area contributed by atoms with Gasteiger partial charge in [-0.25, -0.2) is 0 Å². The summed E-state index contributed by atoms with van der Waals surface area (Å²) in [5.41, 5.74) is 1.87. The van der Waals surface area contributed by atoms with Gasteiger partial charge in [0.1, 0.15) is 5.75 Å². The SMILES string of the molecule is CCc1ccc(O)c(C=NCCO)c1.O.[Cl-].[Cl][Co][Cl]. The van der Waals surface area contributed by atoms with E-state index in [0.717, 1.165) is 12.0 Å². The third-order valence-electron chi connectivity index (χ3n) is 1.96. The molecule has 8 heteroatoms. The van der Waals surface area contributed by atoms with Crippen LogP contribution < -0.4 is 12.4 Å². The Balaban J connectivity index is -0.000000468. The van der Waals surface area contributed by atoms with Crippen molar-refractivity contribution < 1.29 is 41.0 Å². The van der Waals surface area contributed by atoms with Gasteiger partial charge >= 0.3 is 33.2 Å². The van der Waals surface area contributed by atoms with Crippen molar-refractivity contribution in [1.82, 2.24) is 0 Å². The van der Waals surface area contributed by atoms with Gasteiger partial charge in [0.25, 0.3) is 0 Å². The summed E-state index contributed by atoms with van der Waals surface area (Å²) in [5.74, 6) is 0.226. The Labute approximate surface area is 134 Å². The van der Waals surface area contributed by atoms with Crippen molar-refractivity contribution in [3.8, 4) is 5.75 Å². The second-order valence-corrected chi connectivity index (χ2v) is 4.77. The first-order valence-corrected chi connectivity index (χ1v) is 7.82. The summed E-state index contributed by atoms with van der Waals surface area (Å²) in [6.07, 6.45) is 2.52. The van der Waals surface area contributed by atoms with Gasteiger partial charge < -0.3 is 28.1 Å². The van der Waals surface area contributed by atoms with Gasteiger partial charge in [-0.1, -0.05) is 13.0 Å². The first-order valence-electron chi connectivity index (χ1n) is 4.95. The predicted octanol–water partition coefficient (Wildman–Crippen LogP) is -1.08. The first kappa shape index (κ1) is 24.0. The molecular weight excluding hydrogens is 359 g/mol. The standard InChI is InChI=1S/C11H15NO2.3ClH.Co.H2O/c1-2-9-3-4-11(14)10(7-9)8-12-5-6-13;;;;;/h3-4,7-8,13-14H,2,5-6H2,1H3;3*1H;;1H2/q;;;;+2;/p-3. The van der Waals surface area contributed by atoms with Crippen LogP contribution >= 0.6 is 20.3 Å². The second-order valence-electron chi connectivity index (χ2n) is 3.05. The van der Waals surface area contributed by atoms with Crippen LogP contribution in [0.5, 0.6) is 5.75 Å². The average Bonchev–Trinajstić information content (AvgIpc) is 2.33. The Kier molecular flexibility index (Phi) is 20.3. The van der Waals surface area contributed by atoms with Crippen LogP contribution in [0.4, 0.5) is 0 Å². The summed E-state index contributed by atoms with van der Waals surface area (Å²) in [6, 6.07) is 5.45. The van der Waals surface area contributed by atoms with E-state index in [-0.39, 0.29) is 30.2 Å². The van der Waals surface area contributed by atoms with Crippen molar-refractivity contribution in [2.75, 3.05) is 13.2 Å². The molecule has 0 saturated heterocycles. The van der Waals surface area contributed by atoms with Crippen LogP contribution in [0.15, 0.2) is 23.2 Å². The quantitative estimate of drug-likeness (QED) is 0.656. The van der Waals surface area contributed by atoms with E-state index in [0.29, 0.717) is 25.0 Å². The summed E-state index contributed by atoms with van der Waals surface area (Å²) < 4.78 is 0. The molecule has 0 aromatic heterocycles. The molecule has 0 aliphatic heterocycles. The number of phenolic OH excluding ortho intramolecular Hbond substituents is 1. The van der Waals surface area contributed by atoms with Crippen molar-refractivity contribution in [2.45, 2.75) is 13.3 Å². The predicted molar refractivity (Wildman–Crippen MR) is 72.4 cm³/mol. The van der Waals surface area contributed by atoms with Crippen LogP contribution in [-0.2, 0) is 19.3 Å². The van der Waals surface area contributed by atoms with E-state index < -0.39 is 0 Å². The first-order chi connectivity index (χ1) is 8.19. The Morgan fingerprint density at radius 1 is 1.37 bits per heavy atom. The van der Waals surface area contributed by atoms with Gasteiger partial charge in [0.05, 0.1) is 13.2 Å². The summed E-state index contributed by atoms with van der Waals surface area (Å²) in [5, 5.41) is 18.0. The van der Waals surface area contributed by atoms with Crippen molar-refractivity contribution in [3.05, 3.63) is 29.3 Å². The molecule has 0 atom stereocenters. The molecule has 0 heterocycles. The van der Waals surface area contributed by atoms with E-state index in [9.17, 15) is 5.11 Å². The fourth-order valence-electron chi connectivity index (χ4n) is 1.15. The molecule has 1 aromatic rings. The van der Waals surface area contributed by atoms with E-state index in [4.69, 9.17) is 25.4 Å². The van der Waals surface area contributed by atoms with E-state index in [2.05, 4.69) is 11.9 Å². The minimum absolute atomic E-state index is 0.